The van der Waals surface area contributed by atoms with E-state index in [4.69, 9.17) is 11.6 Å². The second-order valence-corrected chi connectivity index (χ2v) is 4.66. The number of hydrogen-bond donors (Lipinski definition) is 2. The van der Waals surface area contributed by atoms with Crippen molar-refractivity contribution in [2.75, 3.05) is 10.6 Å². The lowest BCUT2D eigenvalue weighted by Gasteiger charge is -2.10. The number of pyridine rings is 1. The van der Waals surface area contributed by atoms with Crippen molar-refractivity contribution in [1.82, 2.24) is 4.98 Å². The molecule has 2 N–H and O–H groups in total. The van der Waals surface area contributed by atoms with E-state index < -0.39 is 0 Å². The average molecular weight is 276 g/mol. The molecule has 0 atom stereocenters. The Morgan fingerprint density at radius 3 is 2.68 bits per heavy atom. The lowest BCUT2D eigenvalue weighted by Crippen LogP contribution is -2.19. The molecule has 0 aliphatic carbocycles. The number of halogens is 1. The van der Waals surface area contributed by atoms with E-state index in [1.165, 1.54) is 0 Å². The Kier molecular flexibility index (Phi) is 4.02. The predicted octanol–water partition coefficient (Wildman–Crippen LogP) is 4.00. The number of nitrogens with one attached hydrogen (secondary N) is 2. The standard InChI is InChI=1S/C14H14ClN3O/c1-9-3-4-12(15)13(7-9)18-14(19)17-11-5-6-16-10(2)8-11/h3-8H,1-2H3,(H2,16,17,18,19). The average Bonchev–Trinajstić information content (AvgIpc) is 2.34. The van der Waals surface area contributed by atoms with Crippen molar-refractivity contribution in [1.29, 1.82) is 0 Å². The zero-order chi connectivity index (χ0) is 13.8. The van der Waals surface area contributed by atoms with E-state index >= 15 is 0 Å². The first kappa shape index (κ1) is 13.4. The van der Waals surface area contributed by atoms with E-state index in [0.29, 0.717) is 16.4 Å². The molecule has 4 nitrogen and oxygen atoms in total. The van der Waals surface area contributed by atoms with Crippen molar-refractivity contribution in [2.24, 2.45) is 0 Å². The Hall–Kier alpha value is -2.07. The van der Waals surface area contributed by atoms with Crippen LogP contribution >= 0.6 is 11.6 Å². The summed E-state index contributed by atoms with van der Waals surface area (Å²) in [5, 5.41) is 5.95. The number of amides is 2. The van der Waals surface area contributed by atoms with Gasteiger partial charge in [0.25, 0.3) is 0 Å². The maximum absolute atomic E-state index is 11.9. The van der Waals surface area contributed by atoms with Crippen molar-refractivity contribution in [3.63, 3.8) is 0 Å². The van der Waals surface area contributed by atoms with Crippen molar-refractivity contribution >= 4 is 29.0 Å². The Morgan fingerprint density at radius 1 is 1.16 bits per heavy atom. The Labute approximate surface area is 116 Å². The van der Waals surface area contributed by atoms with Gasteiger partial charge in [0, 0.05) is 17.6 Å². The van der Waals surface area contributed by atoms with E-state index in [2.05, 4.69) is 15.6 Å². The van der Waals surface area contributed by atoms with Gasteiger partial charge in [-0.25, -0.2) is 4.79 Å². The fourth-order valence-electron chi connectivity index (χ4n) is 1.64. The van der Waals surface area contributed by atoms with Gasteiger partial charge >= 0.3 is 6.03 Å². The smallest absolute Gasteiger partial charge is 0.308 e. The molecule has 0 aliphatic heterocycles. The van der Waals surface area contributed by atoms with E-state index in [-0.39, 0.29) is 6.03 Å². The van der Waals surface area contributed by atoms with Gasteiger partial charge in [-0.15, -0.1) is 0 Å². The number of carbonyl (C=O) groups is 1. The number of nitrogens with zero attached hydrogens (tertiary/aromatic N) is 1. The number of hydrogen-bond acceptors (Lipinski definition) is 2. The molecule has 1 aromatic heterocycles. The van der Waals surface area contributed by atoms with Crippen LogP contribution in [0.2, 0.25) is 5.02 Å². The van der Waals surface area contributed by atoms with Crippen LogP contribution in [-0.2, 0) is 0 Å². The minimum absolute atomic E-state index is 0.335. The fourth-order valence-corrected chi connectivity index (χ4v) is 1.81. The normalized spacial score (nSPS) is 10.1. The summed E-state index contributed by atoms with van der Waals surface area (Å²) < 4.78 is 0. The van der Waals surface area contributed by atoms with Crippen molar-refractivity contribution in [3.8, 4) is 0 Å². The number of rotatable bonds is 2. The zero-order valence-electron chi connectivity index (χ0n) is 10.7. The number of carbonyl (C=O) groups excluding carboxylic acids is 1. The van der Waals surface area contributed by atoms with Crippen LogP contribution in [0.3, 0.4) is 0 Å². The molecule has 2 rings (SSSR count). The SMILES string of the molecule is Cc1ccc(Cl)c(NC(=O)Nc2ccnc(C)c2)c1. The molecular formula is C14H14ClN3O. The Morgan fingerprint density at radius 2 is 1.95 bits per heavy atom. The minimum Gasteiger partial charge on any atom is -0.308 e. The largest absolute Gasteiger partial charge is 0.323 e. The quantitative estimate of drug-likeness (QED) is 0.870. The molecule has 1 aromatic carbocycles. The van der Waals surface area contributed by atoms with Crippen LogP contribution in [0.25, 0.3) is 0 Å². The van der Waals surface area contributed by atoms with Gasteiger partial charge in [0.05, 0.1) is 10.7 Å². The fraction of sp³-hybridized carbons (Fsp3) is 0.143. The summed E-state index contributed by atoms with van der Waals surface area (Å²) >= 11 is 6.02. The third kappa shape index (κ3) is 3.69. The zero-order valence-corrected chi connectivity index (χ0v) is 11.5. The van der Waals surface area contributed by atoms with Gasteiger partial charge in [-0.3, -0.25) is 4.98 Å². The molecule has 19 heavy (non-hydrogen) atoms. The van der Waals surface area contributed by atoms with Crippen LogP contribution in [0, 0.1) is 13.8 Å². The lowest BCUT2D eigenvalue weighted by atomic mass is 10.2. The van der Waals surface area contributed by atoms with Gasteiger partial charge in [0.15, 0.2) is 0 Å². The third-order valence-corrected chi connectivity index (χ3v) is 2.85. The number of anilines is 2. The molecule has 0 aliphatic rings. The maximum atomic E-state index is 11.9. The van der Waals surface area contributed by atoms with Crippen LogP contribution in [0.1, 0.15) is 11.3 Å². The molecule has 0 saturated carbocycles. The van der Waals surface area contributed by atoms with Gasteiger partial charge < -0.3 is 10.6 Å². The third-order valence-electron chi connectivity index (χ3n) is 2.52. The molecule has 98 valence electrons. The topological polar surface area (TPSA) is 54.0 Å². The Bertz CT molecular complexity index is 613. The predicted molar refractivity (Wildman–Crippen MR) is 77.8 cm³/mol. The van der Waals surface area contributed by atoms with Gasteiger partial charge in [-0.05, 0) is 43.7 Å². The first-order valence-electron chi connectivity index (χ1n) is 5.81. The molecule has 0 saturated heterocycles. The molecule has 0 spiro atoms. The number of urea groups is 1. The van der Waals surface area contributed by atoms with Gasteiger partial charge in [-0.2, -0.15) is 0 Å². The monoisotopic (exact) mass is 275 g/mol. The highest BCUT2D eigenvalue weighted by atomic mass is 35.5. The van der Waals surface area contributed by atoms with Crippen molar-refractivity contribution < 1.29 is 4.79 Å². The second kappa shape index (κ2) is 5.71. The van der Waals surface area contributed by atoms with Gasteiger partial charge in [0.1, 0.15) is 0 Å². The minimum atomic E-state index is -0.335. The molecule has 0 radical (unpaired) electrons. The summed E-state index contributed by atoms with van der Waals surface area (Å²) in [5.74, 6) is 0. The molecule has 0 bridgehead atoms. The maximum Gasteiger partial charge on any atom is 0.323 e. The molecule has 1 heterocycles. The van der Waals surface area contributed by atoms with Crippen LogP contribution < -0.4 is 10.6 Å². The molecular weight excluding hydrogens is 262 g/mol. The highest BCUT2D eigenvalue weighted by molar-refractivity contribution is 6.33. The van der Waals surface area contributed by atoms with Crippen LogP contribution in [0.5, 0.6) is 0 Å². The van der Waals surface area contributed by atoms with E-state index in [1.807, 2.05) is 26.0 Å². The summed E-state index contributed by atoms with van der Waals surface area (Å²) in [6, 6.07) is 8.64. The second-order valence-electron chi connectivity index (χ2n) is 4.25. The lowest BCUT2D eigenvalue weighted by molar-refractivity contribution is 0.262. The van der Waals surface area contributed by atoms with Crippen molar-refractivity contribution in [2.45, 2.75) is 13.8 Å². The molecule has 0 fully saturated rings. The highest BCUT2D eigenvalue weighted by Crippen LogP contribution is 2.22. The first-order valence-corrected chi connectivity index (χ1v) is 6.19. The molecule has 5 heteroatoms. The van der Waals surface area contributed by atoms with Crippen LogP contribution in [0.4, 0.5) is 16.2 Å². The molecule has 2 amide bonds. The van der Waals surface area contributed by atoms with E-state index in [9.17, 15) is 4.79 Å². The summed E-state index contributed by atoms with van der Waals surface area (Å²) in [4.78, 5) is 15.9. The van der Waals surface area contributed by atoms with Gasteiger partial charge in [-0.1, -0.05) is 17.7 Å². The van der Waals surface area contributed by atoms with Gasteiger partial charge in [0.2, 0.25) is 0 Å². The molecule has 0 unspecified atom stereocenters. The number of aromatic nitrogens is 1. The number of aryl methyl sites for hydroxylation is 2. The first-order chi connectivity index (χ1) is 9.04. The number of benzene rings is 1. The van der Waals surface area contributed by atoms with E-state index in [1.54, 1.807) is 24.4 Å². The van der Waals surface area contributed by atoms with Crippen LogP contribution in [-0.4, -0.2) is 11.0 Å². The van der Waals surface area contributed by atoms with Crippen molar-refractivity contribution in [3.05, 3.63) is 52.8 Å². The highest BCUT2D eigenvalue weighted by Gasteiger charge is 2.06. The van der Waals surface area contributed by atoms with E-state index in [0.717, 1.165) is 11.3 Å². The summed E-state index contributed by atoms with van der Waals surface area (Å²) in [5.41, 5.74) is 3.14. The summed E-state index contributed by atoms with van der Waals surface area (Å²) in [7, 11) is 0. The Balaban J connectivity index is 2.07. The molecule has 2 aromatic rings. The summed E-state index contributed by atoms with van der Waals surface area (Å²) in [6.07, 6.45) is 1.64. The summed E-state index contributed by atoms with van der Waals surface area (Å²) in [6.45, 7) is 3.80. The van der Waals surface area contributed by atoms with Crippen LogP contribution in [0.15, 0.2) is 36.5 Å².